The van der Waals surface area contributed by atoms with Crippen LogP contribution in [0.25, 0.3) is 0 Å². The molecule has 1 saturated heterocycles. The Balaban J connectivity index is 0.00000320. The summed E-state index contributed by atoms with van der Waals surface area (Å²) in [5.74, 6) is 1.25. The second-order valence-corrected chi connectivity index (χ2v) is 10.6. The number of nitrogens with one attached hydrogen (secondary N) is 2. The van der Waals surface area contributed by atoms with Crippen LogP contribution in [0.5, 0.6) is 0 Å². The molecule has 2 aromatic rings. The van der Waals surface area contributed by atoms with Crippen molar-refractivity contribution >= 4 is 51.3 Å². The lowest BCUT2D eigenvalue weighted by atomic mass is 9.98. The van der Waals surface area contributed by atoms with Crippen molar-refractivity contribution in [2.75, 3.05) is 26.2 Å². The molecule has 0 saturated carbocycles. The molecule has 3 rings (SSSR count). The predicted molar refractivity (Wildman–Crippen MR) is 135 cm³/mol. The van der Waals surface area contributed by atoms with E-state index in [1.807, 2.05) is 6.07 Å². The summed E-state index contributed by atoms with van der Waals surface area (Å²) >= 11 is 1.77. The molecule has 30 heavy (non-hydrogen) atoms. The molecule has 0 bridgehead atoms. The van der Waals surface area contributed by atoms with E-state index in [0.29, 0.717) is 30.4 Å². The first kappa shape index (κ1) is 25.1. The van der Waals surface area contributed by atoms with Gasteiger partial charge in [-0.1, -0.05) is 18.2 Å². The predicted octanol–water partition coefficient (Wildman–Crippen LogP) is 3.83. The smallest absolute Gasteiger partial charge is 0.243 e. The van der Waals surface area contributed by atoms with Gasteiger partial charge in [0.2, 0.25) is 10.0 Å². The lowest BCUT2D eigenvalue weighted by Crippen LogP contribution is -2.44. The van der Waals surface area contributed by atoms with Crippen molar-refractivity contribution in [1.29, 1.82) is 0 Å². The van der Waals surface area contributed by atoms with Gasteiger partial charge in [0.1, 0.15) is 0 Å². The molecule has 6 nitrogen and oxygen atoms in total. The van der Waals surface area contributed by atoms with Crippen LogP contribution in [0.3, 0.4) is 0 Å². The Morgan fingerprint density at radius 2 is 1.83 bits per heavy atom. The molecule has 166 valence electrons. The number of benzene rings is 1. The van der Waals surface area contributed by atoms with E-state index in [1.165, 1.54) is 9.75 Å². The maximum Gasteiger partial charge on any atom is 0.243 e. The van der Waals surface area contributed by atoms with E-state index >= 15 is 0 Å². The second-order valence-electron chi connectivity index (χ2n) is 7.25. The summed E-state index contributed by atoms with van der Waals surface area (Å²) in [6, 6.07) is 12.9. The van der Waals surface area contributed by atoms with Crippen LogP contribution in [0.15, 0.2) is 52.4 Å². The second kappa shape index (κ2) is 12.0. The van der Waals surface area contributed by atoms with Crippen molar-refractivity contribution in [3.63, 3.8) is 0 Å². The van der Waals surface area contributed by atoms with Gasteiger partial charge in [-0.15, -0.1) is 35.3 Å². The number of hydrogen-bond acceptors (Lipinski definition) is 4. The van der Waals surface area contributed by atoms with Gasteiger partial charge in [0, 0.05) is 35.9 Å². The van der Waals surface area contributed by atoms with Gasteiger partial charge in [0.25, 0.3) is 0 Å². The summed E-state index contributed by atoms with van der Waals surface area (Å²) in [4.78, 5) is 7.60. The topological polar surface area (TPSA) is 73.8 Å². The van der Waals surface area contributed by atoms with Gasteiger partial charge < -0.3 is 10.6 Å². The molecule has 0 amide bonds. The number of thiophene rings is 1. The Hall–Kier alpha value is -1.17. The molecule has 2 heterocycles. The zero-order valence-corrected chi connectivity index (χ0v) is 21.5. The normalized spacial score (nSPS) is 16.1. The van der Waals surface area contributed by atoms with Crippen LogP contribution in [0.2, 0.25) is 0 Å². The van der Waals surface area contributed by atoms with Crippen molar-refractivity contribution in [2.24, 2.45) is 10.9 Å². The van der Waals surface area contributed by atoms with Crippen LogP contribution >= 0.6 is 35.3 Å². The number of nitrogens with zero attached hydrogens (tertiary/aromatic N) is 2. The van der Waals surface area contributed by atoms with Crippen LogP contribution in [0.1, 0.15) is 29.5 Å². The van der Waals surface area contributed by atoms with Gasteiger partial charge in [-0.3, -0.25) is 0 Å². The third kappa shape index (κ3) is 6.93. The molecule has 1 aromatic heterocycles. The third-order valence-electron chi connectivity index (χ3n) is 5.05. The van der Waals surface area contributed by atoms with Gasteiger partial charge in [-0.25, -0.2) is 13.4 Å². The first-order valence-electron chi connectivity index (χ1n) is 10.1. The number of aryl methyl sites for hydroxylation is 1. The minimum Gasteiger partial charge on any atom is -0.357 e. The maximum atomic E-state index is 12.7. The largest absolute Gasteiger partial charge is 0.357 e. The minimum atomic E-state index is -3.38. The summed E-state index contributed by atoms with van der Waals surface area (Å²) in [5, 5.41) is 6.72. The molecule has 1 aliphatic rings. The average molecular weight is 563 g/mol. The number of rotatable bonds is 7. The van der Waals surface area contributed by atoms with E-state index in [4.69, 9.17) is 0 Å². The van der Waals surface area contributed by atoms with Gasteiger partial charge in [0.05, 0.1) is 11.4 Å². The molecule has 0 unspecified atom stereocenters. The maximum absolute atomic E-state index is 12.7. The molecule has 1 fully saturated rings. The van der Waals surface area contributed by atoms with Crippen molar-refractivity contribution in [3.05, 3.63) is 52.2 Å². The Morgan fingerprint density at radius 3 is 2.43 bits per heavy atom. The molecular formula is C21H31IN4O2S2. The Labute approximate surface area is 201 Å². The summed E-state index contributed by atoms with van der Waals surface area (Å²) < 4.78 is 27.1. The van der Waals surface area contributed by atoms with Crippen LogP contribution in [0, 0.1) is 12.8 Å². The van der Waals surface area contributed by atoms with Crippen LogP contribution in [-0.2, 0) is 16.6 Å². The zero-order valence-electron chi connectivity index (χ0n) is 17.5. The van der Waals surface area contributed by atoms with Crippen molar-refractivity contribution in [1.82, 2.24) is 14.9 Å². The summed E-state index contributed by atoms with van der Waals surface area (Å²) in [7, 11) is -3.38. The third-order valence-corrected chi connectivity index (χ3v) is 7.94. The highest BCUT2D eigenvalue weighted by Crippen LogP contribution is 2.23. The minimum absolute atomic E-state index is 0. The van der Waals surface area contributed by atoms with Gasteiger partial charge >= 0.3 is 0 Å². The quantitative estimate of drug-likeness (QED) is 0.306. The van der Waals surface area contributed by atoms with Crippen molar-refractivity contribution in [3.8, 4) is 0 Å². The molecule has 1 aliphatic heterocycles. The monoisotopic (exact) mass is 562 g/mol. The highest BCUT2D eigenvalue weighted by molar-refractivity contribution is 14.0. The molecule has 0 aliphatic carbocycles. The molecule has 2 N–H and O–H groups in total. The first-order valence-corrected chi connectivity index (χ1v) is 12.4. The number of halogens is 1. The first-order chi connectivity index (χ1) is 14.0. The van der Waals surface area contributed by atoms with Gasteiger partial charge in [-0.05, 0) is 56.9 Å². The molecular weight excluding hydrogens is 531 g/mol. The van der Waals surface area contributed by atoms with Crippen LogP contribution in [-0.4, -0.2) is 44.9 Å². The van der Waals surface area contributed by atoms with Crippen molar-refractivity contribution in [2.45, 2.75) is 38.1 Å². The molecule has 0 spiro atoms. The number of piperidine rings is 1. The molecule has 0 atom stereocenters. The SMILES string of the molecule is CCNC(=NCc1ccc(C)s1)NCC1CCN(S(=O)(=O)c2ccccc2)CC1.I. The summed E-state index contributed by atoms with van der Waals surface area (Å²) in [5.41, 5.74) is 0. The van der Waals surface area contributed by atoms with E-state index in [1.54, 1.807) is 39.9 Å². The van der Waals surface area contributed by atoms with E-state index in [0.717, 1.165) is 31.9 Å². The Kier molecular flexibility index (Phi) is 10.1. The van der Waals surface area contributed by atoms with Crippen molar-refractivity contribution < 1.29 is 8.42 Å². The van der Waals surface area contributed by atoms with E-state index in [2.05, 4.69) is 41.6 Å². The van der Waals surface area contributed by atoms with E-state index in [9.17, 15) is 8.42 Å². The summed E-state index contributed by atoms with van der Waals surface area (Å²) in [6.45, 7) is 7.56. The van der Waals surface area contributed by atoms with Gasteiger partial charge in [-0.2, -0.15) is 4.31 Å². The lowest BCUT2D eigenvalue weighted by molar-refractivity contribution is 0.273. The molecule has 0 radical (unpaired) electrons. The fourth-order valence-corrected chi connectivity index (χ4v) is 5.71. The fraction of sp³-hybridized carbons (Fsp3) is 0.476. The lowest BCUT2D eigenvalue weighted by Gasteiger charge is -2.31. The fourth-order valence-electron chi connectivity index (χ4n) is 3.41. The van der Waals surface area contributed by atoms with E-state index in [-0.39, 0.29) is 24.0 Å². The number of guanidine groups is 1. The molecule has 9 heteroatoms. The van der Waals surface area contributed by atoms with Gasteiger partial charge in [0.15, 0.2) is 5.96 Å². The number of hydrogen-bond donors (Lipinski definition) is 2. The van der Waals surface area contributed by atoms with E-state index < -0.39 is 10.0 Å². The summed E-state index contributed by atoms with van der Waals surface area (Å²) in [6.07, 6.45) is 1.70. The number of sulfonamides is 1. The standard InChI is InChI=1S/C21H30N4O2S2.HI/c1-3-22-21(24-16-19-10-9-17(2)28-19)23-15-18-11-13-25(14-12-18)29(26,27)20-7-5-4-6-8-20;/h4-10,18H,3,11-16H2,1-2H3,(H2,22,23,24);1H. The zero-order chi connectivity index (χ0) is 20.7. The Morgan fingerprint density at radius 1 is 1.13 bits per heavy atom. The number of aliphatic imine (C=N–C) groups is 1. The highest BCUT2D eigenvalue weighted by Gasteiger charge is 2.29. The highest BCUT2D eigenvalue weighted by atomic mass is 127. The van der Waals surface area contributed by atoms with Crippen LogP contribution < -0.4 is 10.6 Å². The molecule has 1 aromatic carbocycles. The average Bonchev–Trinajstić information content (AvgIpc) is 3.16. The Bertz CT molecular complexity index is 908. The van der Waals surface area contributed by atoms with Crippen LogP contribution in [0.4, 0.5) is 0 Å².